The predicted octanol–water partition coefficient (Wildman–Crippen LogP) is 4.33. The number of rotatable bonds is 4. The lowest BCUT2D eigenvalue weighted by Gasteiger charge is -2.04. The minimum Gasteiger partial charge on any atom is -0.453 e. The first kappa shape index (κ1) is 13.2. The summed E-state index contributed by atoms with van der Waals surface area (Å²) in [6.07, 6.45) is 0. The summed E-state index contributed by atoms with van der Waals surface area (Å²) in [7, 11) is 0. The number of furan rings is 1. The number of benzene rings is 2. The van der Waals surface area contributed by atoms with Crippen molar-refractivity contribution in [3.8, 4) is 0 Å². The summed E-state index contributed by atoms with van der Waals surface area (Å²) >= 11 is 2.24. The summed E-state index contributed by atoms with van der Waals surface area (Å²) in [5.74, 6) is 0.337. The molecule has 0 radical (unpaired) electrons. The molecule has 0 amide bonds. The Balaban J connectivity index is 1.73. The number of nitrogens with one attached hydrogen (secondary N) is 1. The van der Waals surface area contributed by atoms with Gasteiger partial charge >= 0.3 is 0 Å². The molecule has 3 aromatic rings. The molecule has 0 saturated heterocycles. The van der Waals surface area contributed by atoms with Gasteiger partial charge in [-0.3, -0.25) is 4.79 Å². The monoisotopic (exact) mass is 377 g/mol. The fourth-order valence-electron chi connectivity index (χ4n) is 1.99. The minimum atomic E-state index is -0.0555. The zero-order chi connectivity index (χ0) is 13.9. The van der Waals surface area contributed by atoms with E-state index in [4.69, 9.17) is 4.42 Å². The van der Waals surface area contributed by atoms with Crippen LogP contribution in [0.1, 0.15) is 10.6 Å². The van der Waals surface area contributed by atoms with Gasteiger partial charge in [0.1, 0.15) is 5.58 Å². The van der Waals surface area contributed by atoms with Gasteiger partial charge in [0, 0.05) is 14.6 Å². The summed E-state index contributed by atoms with van der Waals surface area (Å²) in [6.45, 7) is 0.222. The maximum absolute atomic E-state index is 12.1. The zero-order valence-electron chi connectivity index (χ0n) is 10.6. The second-order valence-electron chi connectivity index (χ2n) is 4.44. The number of ketones is 1. The molecule has 2 aromatic carbocycles. The van der Waals surface area contributed by atoms with E-state index >= 15 is 0 Å². The average molecular weight is 377 g/mol. The van der Waals surface area contributed by atoms with E-state index < -0.39 is 0 Å². The second-order valence-corrected chi connectivity index (χ2v) is 5.68. The summed E-state index contributed by atoms with van der Waals surface area (Å²) < 4.78 is 6.68. The van der Waals surface area contributed by atoms with Crippen LogP contribution in [0.25, 0.3) is 11.0 Å². The topological polar surface area (TPSA) is 42.2 Å². The SMILES string of the molecule is O=C(CNc1cccc(I)c1)c1cc2ccccc2o1. The van der Waals surface area contributed by atoms with Crippen molar-refractivity contribution >= 4 is 45.0 Å². The number of hydrogen-bond donors (Lipinski definition) is 1. The second kappa shape index (κ2) is 5.66. The first-order valence-electron chi connectivity index (χ1n) is 6.23. The van der Waals surface area contributed by atoms with Crippen LogP contribution in [0, 0.1) is 3.57 Å². The van der Waals surface area contributed by atoms with Gasteiger partial charge in [0.25, 0.3) is 0 Å². The van der Waals surface area contributed by atoms with E-state index in [-0.39, 0.29) is 12.3 Å². The van der Waals surface area contributed by atoms with E-state index in [2.05, 4.69) is 27.9 Å². The van der Waals surface area contributed by atoms with E-state index in [1.807, 2.05) is 48.5 Å². The highest BCUT2D eigenvalue weighted by atomic mass is 127. The summed E-state index contributed by atoms with van der Waals surface area (Å²) in [6, 6.07) is 17.3. The standard InChI is InChI=1S/C16H12INO2/c17-12-5-3-6-13(9-12)18-10-14(19)16-8-11-4-1-2-7-15(11)20-16/h1-9,18H,10H2. The normalized spacial score (nSPS) is 10.7. The van der Waals surface area contributed by atoms with Gasteiger partial charge in [0.05, 0.1) is 6.54 Å². The highest BCUT2D eigenvalue weighted by Crippen LogP contribution is 2.19. The first-order valence-corrected chi connectivity index (χ1v) is 7.31. The van der Waals surface area contributed by atoms with Gasteiger partial charge in [-0.15, -0.1) is 0 Å². The van der Waals surface area contributed by atoms with Crippen molar-refractivity contribution < 1.29 is 9.21 Å². The number of anilines is 1. The lowest BCUT2D eigenvalue weighted by atomic mass is 10.2. The first-order chi connectivity index (χ1) is 9.72. The Hall–Kier alpha value is -1.82. The summed E-state index contributed by atoms with van der Waals surface area (Å²) in [4.78, 5) is 12.1. The molecule has 0 aliphatic rings. The van der Waals surface area contributed by atoms with Crippen molar-refractivity contribution in [1.29, 1.82) is 0 Å². The molecular weight excluding hydrogens is 365 g/mol. The number of fused-ring (bicyclic) bond motifs is 1. The third-order valence-electron chi connectivity index (χ3n) is 2.98. The van der Waals surface area contributed by atoms with E-state index in [0.717, 1.165) is 20.2 Å². The Morgan fingerprint density at radius 3 is 2.75 bits per heavy atom. The Bertz CT molecular complexity index is 731. The van der Waals surface area contributed by atoms with Crippen LogP contribution in [-0.4, -0.2) is 12.3 Å². The van der Waals surface area contributed by atoms with Gasteiger partial charge in [-0.25, -0.2) is 0 Å². The maximum Gasteiger partial charge on any atom is 0.216 e. The molecule has 1 heterocycles. The number of Topliss-reactive ketones (excluding diaryl/α,β-unsaturated/α-hetero) is 1. The van der Waals surface area contributed by atoms with Crippen LogP contribution in [0.3, 0.4) is 0 Å². The molecule has 3 rings (SSSR count). The van der Waals surface area contributed by atoms with Crippen LogP contribution in [0.15, 0.2) is 59.0 Å². The molecular formula is C16H12INO2. The smallest absolute Gasteiger partial charge is 0.216 e. The Morgan fingerprint density at radius 2 is 1.95 bits per heavy atom. The van der Waals surface area contributed by atoms with Crippen LogP contribution in [-0.2, 0) is 0 Å². The van der Waals surface area contributed by atoms with E-state index in [1.165, 1.54) is 0 Å². The van der Waals surface area contributed by atoms with Crippen molar-refractivity contribution in [2.75, 3.05) is 11.9 Å². The van der Waals surface area contributed by atoms with Crippen molar-refractivity contribution in [3.05, 3.63) is 63.9 Å². The molecule has 0 aliphatic carbocycles. The lowest BCUT2D eigenvalue weighted by Crippen LogP contribution is -2.13. The molecule has 0 fully saturated rings. The Morgan fingerprint density at radius 1 is 1.10 bits per heavy atom. The average Bonchev–Trinajstić information content (AvgIpc) is 2.89. The van der Waals surface area contributed by atoms with Gasteiger partial charge in [0.15, 0.2) is 5.76 Å². The van der Waals surface area contributed by atoms with Crippen molar-refractivity contribution in [2.24, 2.45) is 0 Å². The highest BCUT2D eigenvalue weighted by Gasteiger charge is 2.11. The Labute approximate surface area is 130 Å². The summed E-state index contributed by atoms with van der Waals surface area (Å²) in [5.41, 5.74) is 1.67. The molecule has 0 spiro atoms. The Kier molecular flexibility index (Phi) is 3.73. The van der Waals surface area contributed by atoms with E-state index in [0.29, 0.717) is 5.76 Å². The molecule has 1 N–H and O–H groups in total. The fraction of sp³-hybridized carbons (Fsp3) is 0.0625. The van der Waals surface area contributed by atoms with Gasteiger partial charge in [-0.1, -0.05) is 24.3 Å². The quantitative estimate of drug-likeness (QED) is 0.544. The third kappa shape index (κ3) is 2.85. The largest absolute Gasteiger partial charge is 0.453 e. The van der Waals surface area contributed by atoms with Crippen LogP contribution < -0.4 is 5.32 Å². The molecule has 1 aromatic heterocycles. The number of halogens is 1. The van der Waals surface area contributed by atoms with Crippen molar-refractivity contribution in [1.82, 2.24) is 0 Å². The zero-order valence-corrected chi connectivity index (χ0v) is 12.8. The van der Waals surface area contributed by atoms with Crippen molar-refractivity contribution in [3.63, 3.8) is 0 Å². The number of para-hydroxylation sites is 1. The molecule has 4 heteroatoms. The third-order valence-corrected chi connectivity index (χ3v) is 3.65. The van der Waals surface area contributed by atoms with E-state index in [9.17, 15) is 4.79 Å². The highest BCUT2D eigenvalue weighted by molar-refractivity contribution is 14.1. The molecule has 3 nitrogen and oxygen atoms in total. The van der Waals surface area contributed by atoms with Gasteiger partial charge < -0.3 is 9.73 Å². The molecule has 0 aliphatic heterocycles. The number of hydrogen-bond acceptors (Lipinski definition) is 3. The lowest BCUT2D eigenvalue weighted by molar-refractivity contribution is 0.0982. The predicted molar refractivity (Wildman–Crippen MR) is 88.2 cm³/mol. The van der Waals surface area contributed by atoms with Crippen LogP contribution in [0.2, 0.25) is 0 Å². The summed E-state index contributed by atoms with van der Waals surface area (Å²) in [5, 5.41) is 4.06. The molecule has 20 heavy (non-hydrogen) atoms. The molecule has 100 valence electrons. The van der Waals surface area contributed by atoms with Gasteiger partial charge in [-0.2, -0.15) is 0 Å². The number of carbonyl (C=O) groups is 1. The van der Waals surface area contributed by atoms with Gasteiger partial charge in [0.2, 0.25) is 5.78 Å². The van der Waals surface area contributed by atoms with Gasteiger partial charge in [-0.05, 0) is 52.9 Å². The minimum absolute atomic E-state index is 0.0555. The molecule has 0 unspecified atom stereocenters. The van der Waals surface area contributed by atoms with Crippen LogP contribution in [0.4, 0.5) is 5.69 Å². The molecule has 0 saturated carbocycles. The number of carbonyl (C=O) groups excluding carboxylic acids is 1. The van der Waals surface area contributed by atoms with E-state index in [1.54, 1.807) is 6.07 Å². The fourth-order valence-corrected chi connectivity index (χ4v) is 2.53. The van der Waals surface area contributed by atoms with Crippen LogP contribution >= 0.6 is 22.6 Å². The maximum atomic E-state index is 12.1. The van der Waals surface area contributed by atoms with Crippen LogP contribution in [0.5, 0.6) is 0 Å². The van der Waals surface area contributed by atoms with Crippen molar-refractivity contribution in [2.45, 2.75) is 0 Å². The molecule has 0 bridgehead atoms. The molecule has 0 atom stereocenters.